The van der Waals surface area contributed by atoms with Crippen LogP contribution in [-0.2, 0) is 4.74 Å². The van der Waals surface area contributed by atoms with Crippen LogP contribution < -0.4 is 10.2 Å². The van der Waals surface area contributed by atoms with Gasteiger partial charge in [0.1, 0.15) is 0 Å². The Bertz CT molecular complexity index is 1220. The molecule has 0 unspecified atom stereocenters. The molecule has 1 amide bonds. The zero-order valence-corrected chi connectivity index (χ0v) is 17.1. The molecule has 1 aliphatic heterocycles. The second-order valence-corrected chi connectivity index (χ2v) is 8.30. The van der Waals surface area contributed by atoms with Crippen molar-refractivity contribution in [2.75, 3.05) is 36.5 Å². The summed E-state index contributed by atoms with van der Waals surface area (Å²) in [7, 11) is 0. The molecule has 29 heavy (non-hydrogen) atoms. The SMILES string of the molecule is O=C(Nc1nc2ccc(N3CCOCC3)cc2s1)c1cccc2c(Cl)cccc12. The minimum absolute atomic E-state index is 0.190. The van der Waals surface area contributed by atoms with Crippen molar-refractivity contribution in [1.82, 2.24) is 4.98 Å². The van der Waals surface area contributed by atoms with Gasteiger partial charge in [-0.05, 0) is 35.7 Å². The van der Waals surface area contributed by atoms with Crippen molar-refractivity contribution in [1.29, 1.82) is 0 Å². The molecule has 1 fully saturated rings. The normalized spacial score (nSPS) is 14.4. The van der Waals surface area contributed by atoms with Crippen LogP contribution in [0.15, 0.2) is 54.6 Å². The first-order valence-corrected chi connectivity index (χ1v) is 10.6. The summed E-state index contributed by atoms with van der Waals surface area (Å²) in [6, 6.07) is 17.4. The maximum atomic E-state index is 12.9. The molecule has 7 heteroatoms. The summed E-state index contributed by atoms with van der Waals surface area (Å²) >= 11 is 7.75. The van der Waals surface area contributed by atoms with Crippen LogP contribution in [0.5, 0.6) is 0 Å². The van der Waals surface area contributed by atoms with Crippen molar-refractivity contribution in [3.63, 3.8) is 0 Å². The van der Waals surface area contributed by atoms with E-state index >= 15 is 0 Å². The monoisotopic (exact) mass is 423 g/mol. The molecule has 0 aliphatic carbocycles. The van der Waals surface area contributed by atoms with Gasteiger partial charge in [0.2, 0.25) is 0 Å². The summed E-state index contributed by atoms with van der Waals surface area (Å²) in [5, 5.41) is 5.86. The number of carbonyl (C=O) groups excluding carboxylic acids is 1. The third kappa shape index (κ3) is 3.55. The number of fused-ring (bicyclic) bond motifs is 2. The predicted octanol–water partition coefficient (Wildman–Crippen LogP) is 5.19. The van der Waals surface area contributed by atoms with Gasteiger partial charge in [0.25, 0.3) is 5.91 Å². The van der Waals surface area contributed by atoms with E-state index in [9.17, 15) is 4.79 Å². The van der Waals surface area contributed by atoms with E-state index in [1.54, 1.807) is 6.07 Å². The van der Waals surface area contributed by atoms with E-state index in [-0.39, 0.29) is 5.91 Å². The highest BCUT2D eigenvalue weighted by Gasteiger charge is 2.15. The van der Waals surface area contributed by atoms with Crippen molar-refractivity contribution >= 4 is 60.7 Å². The lowest BCUT2D eigenvalue weighted by atomic mass is 10.0. The molecule has 146 valence electrons. The minimum atomic E-state index is -0.190. The van der Waals surface area contributed by atoms with E-state index in [2.05, 4.69) is 27.3 Å². The van der Waals surface area contributed by atoms with Crippen molar-refractivity contribution in [3.05, 3.63) is 65.2 Å². The number of aromatic nitrogens is 1. The van der Waals surface area contributed by atoms with Gasteiger partial charge in [-0.1, -0.05) is 47.2 Å². The first kappa shape index (κ1) is 18.4. The van der Waals surface area contributed by atoms with Crippen LogP contribution in [0.25, 0.3) is 21.0 Å². The molecule has 1 aliphatic rings. The van der Waals surface area contributed by atoms with Crippen molar-refractivity contribution in [2.45, 2.75) is 0 Å². The van der Waals surface area contributed by atoms with Crippen molar-refractivity contribution in [3.8, 4) is 0 Å². The molecule has 0 saturated carbocycles. The van der Waals surface area contributed by atoms with Gasteiger partial charge in [0.05, 0.1) is 23.4 Å². The maximum absolute atomic E-state index is 12.9. The number of rotatable bonds is 3. The number of halogens is 1. The van der Waals surface area contributed by atoms with E-state index in [0.29, 0.717) is 15.7 Å². The number of nitrogens with zero attached hydrogens (tertiary/aromatic N) is 2. The molecule has 2 heterocycles. The topological polar surface area (TPSA) is 54.5 Å². The fourth-order valence-corrected chi connectivity index (χ4v) is 4.75. The van der Waals surface area contributed by atoms with Crippen molar-refractivity contribution < 1.29 is 9.53 Å². The predicted molar refractivity (Wildman–Crippen MR) is 120 cm³/mol. The standard InChI is InChI=1S/C22H18ClN3O2S/c23-18-6-2-3-15-16(18)4-1-5-17(15)21(27)25-22-24-19-8-7-14(13-20(19)29-22)26-9-11-28-12-10-26/h1-8,13H,9-12H2,(H,24,25,27). The Hall–Kier alpha value is -2.67. The summed E-state index contributed by atoms with van der Waals surface area (Å²) < 4.78 is 6.48. The highest BCUT2D eigenvalue weighted by atomic mass is 35.5. The van der Waals surface area contributed by atoms with Crippen LogP contribution in [0.3, 0.4) is 0 Å². The summed E-state index contributed by atoms with van der Waals surface area (Å²) in [6.45, 7) is 3.27. The quantitative estimate of drug-likeness (QED) is 0.492. The zero-order valence-electron chi connectivity index (χ0n) is 15.5. The molecule has 1 saturated heterocycles. The van der Waals surface area contributed by atoms with Gasteiger partial charge in [-0.25, -0.2) is 4.98 Å². The molecule has 4 aromatic rings. The Morgan fingerprint density at radius 2 is 1.86 bits per heavy atom. The van der Waals surface area contributed by atoms with E-state index in [4.69, 9.17) is 16.3 Å². The number of morpholine rings is 1. The largest absolute Gasteiger partial charge is 0.378 e. The summed E-state index contributed by atoms with van der Waals surface area (Å²) in [5.74, 6) is -0.190. The maximum Gasteiger partial charge on any atom is 0.258 e. The molecule has 3 aromatic carbocycles. The fourth-order valence-electron chi connectivity index (χ4n) is 3.62. The van der Waals surface area contributed by atoms with E-state index in [0.717, 1.165) is 53.0 Å². The van der Waals surface area contributed by atoms with E-state index in [1.165, 1.54) is 11.3 Å². The van der Waals surface area contributed by atoms with Crippen LogP contribution in [0.4, 0.5) is 10.8 Å². The number of carbonyl (C=O) groups is 1. The molecular formula is C22H18ClN3O2S. The van der Waals surface area contributed by atoms with Crippen molar-refractivity contribution in [2.24, 2.45) is 0 Å². The summed E-state index contributed by atoms with van der Waals surface area (Å²) in [5.41, 5.74) is 2.62. The van der Waals surface area contributed by atoms with Crippen LogP contribution in [0, 0.1) is 0 Å². The van der Waals surface area contributed by atoms with Crippen LogP contribution in [-0.4, -0.2) is 37.2 Å². The Labute approximate surface area is 176 Å². The second-order valence-electron chi connectivity index (χ2n) is 6.87. The lowest BCUT2D eigenvalue weighted by molar-refractivity contribution is 0.102. The van der Waals surface area contributed by atoms with Gasteiger partial charge in [-0.2, -0.15) is 0 Å². The highest BCUT2D eigenvalue weighted by molar-refractivity contribution is 7.22. The number of benzene rings is 3. The van der Waals surface area contributed by atoms with Gasteiger partial charge in [0.15, 0.2) is 5.13 Å². The average molecular weight is 424 g/mol. The number of amides is 1. The average Bonchev–Trinajstić information content (AvgIpc) is 3.15. The third-order valence-corrected chi connectivity index (χ3v) is 6.35. The highest BCUT2D eigenvalue weighted by Crippen LogP contribution is 2.31. The van der Waals surface area contributed by atoms with E-state index < -0.39 is 0 Å². The first-order chi connectivity index (χ1) is 14.2. The Balaban J connectivity index is 1.43. The molecule has 1 aromatic heterocycles. The Kier molecular flexibility index (Phi) is 4.83. The zero-order chi connectivity index (χ0) is 19.8. The fraction of sp³-hybridized carbons (Fsp3) is 0.182. The summed E-state index contributed by atoms with van der Waals surface area (Å²) in [6.07, 6.45) is 0. The molecule has 0 bridgehead atoms. The van der Waals surface area contributed by atoms with Gasteiger partial charge >= 0.3 is 0 Å². The lowest BCUT2D eigenvalue weighted by Crippen LogP contribution is -2.36. The second kappa shape index (κ2) is 7.63. The van der Waals surface area contributed by atoms with Gasteiger partial charge < -0.3 is 9.64 Å². The van der Waals surface area contributed by atoms with Gasteiger partial charge in [-0.15, -0.1) is 0 Å². The molecule has 1 N–H and O–H groups in total. The smallest absolute Gasteiger partial charge is 0.258 e. The Morgan fingerprint density at radius 3 is 2.72 bits per heavy atom. The number of anilines is 2. The van der Waals surface area contributed by atoms with Crippen LogP contribution in [0.1, 0.15) is 10.4 Å². The van der Waals surface area contributed by atoms with Gasteiger partial charge in [-0.3, -0.25) is 10.1 Å². The first-order valence-electron chi connectivity index (χ1n) is 9.41. The third-order valence-electron chi connectivity index (χ3n) is 5.08. The minimum Gasteiger partial charge on any atom is -0.378 e. The molecule has 0 spiro atoms. The number of hydrogen-bond donors (Lipinski definition) is 1. The molecule has 5 nitrogen and oxygen atoms in total. The van der Waals surface area contributed by atoms with Crippen LogP contribution in [0.2, 0.25) is 5.02 Å². The van der Waals surface area contributed by atoms with Crippen LogP contribution >= 0.6 is 22.9 Å². The molecule has 5 rings (SSSR count). The Morgan fingerprint density at radius 1 is 1.07 bits per heavy atom. The molecule has 0 radical (unpaired) electrons. The van der Waals surface area contributed by atoms with Gasteiger partial charge in [0, 0.05) is 34.7 Å². The molecule has 0 atom stereocenters. The number of thiazole rings is 1. The number of hydrogen-bond acceptors (Lipinski definition) is 5. The number of ether oxygens (including phenoxy) is 1. The van der Waals surface area contributed by atoms with E-state index in [1.807, 2.05) is 36.4 Å². The number of nitrogens with one attached hydrogen (secondary N) is 1. The lowest BCUT2D eigenvalue weighted by Gasteiger charge is -2.28. The molecular weight excluding hydrogens is 406 g/mol. The summed E-state index contributed by atoms with van der Waals surface area (Å²) in [4.78, 5) is 19.8.